The molecule has 0 amide bonds. The maximum Gasteiger partial charge on any atom is 0.265 e. The van der Waals surface area contributed by atoms with E-state index in [2.05, 4.69) is 22.4 Å². The van der Waals surface area contributed by atoms with Crippen LogP contribution in [0.5, 0.6) is 0 Å². The van der Waals surface area contributed by atoms with E-state index in [1.807, 2.05) is 11.9 Å². The Balaban J connectivity index is 1.61. The van der Waals surface area contributed by atoms with Crippen LogP contribution >= 0.6 is 0 Å². The highest BCUT2D eigenvalue weighted by atomic mass is 16.5. The Kier molecular flexibility index (Phi) is 3.24. The number of hydrogen-bond donors (Lipinski definition) is 1. The molecule has 1 aromatic heterocycles. The fraction of sp³-hybridized carbons (Fsp3) is 0.846. The summed E-state index contributed by atoms with van der Waals surface area (Å²) < 4.78 is 5.36. The first-order valence-corrected chi connectivity index (χ1v) is 7.04. The number of nitrogens with zero attached hydrogens (tertiary/aromatic N) is 3. The molecular weight excluding hydrogens is 228 g/mol. The van der Waals surface area contributed by atoms with Gasteiger partial charge in [-0.1, -0.05) is 0 Å². The van der Waals surface area contributed by atoms with Crippen molar-refractivity contribution in [2.75, 3.05) is 18.5 Å². The van der Waals surface area contributed by atoms with E-state index in [1.54, 1.807) is 0 Å². The lowest BCUT2D eigenvalue weighted by atomic mass is 9.90. The lowest BCUT2D eigenvalue weighted by Gasteiger charge is -2.28. The van der Waals surface area contributed by atoms with E-state index in [9.17, 15) is 0 Å². The Morgan fingerprint density at radius 2 is 2.06 bits per heavy atom. The highest BCUT2D eigenvalue weighted by molar-refractivity contribution is 5.25. The maximum absolute atomic E-state index is 5.36. The third-order valence-electron chi connectivity index (χ3n) is 4.31. The molecule has 0 saturated carbocycles. The summed E-state index contributed by atoms with van der Waals surface area (Å²) in [7, 11) is 1.99. The molecule has 3 heterocycles. The Morgan fingerprint density at radius 1 is 1.33 bits per heavy atom. The van der Waals surface area contributed by atoms with Crippen molar-refractivity contribution in [3.8, 4) is 0 Å². The van der Waals surface area contributed by atoms with Gasteiger partial charge in [-0.05, 0) is 43.7 Å². The van der Waals surface area contributed by atoms with E-state index < -0.39 is 0 Å². The van der Waals surface area contributed by atoms with Gasteiger partial charge in [-0.15, -0.1) is 0 Å². The van der Waals surface area contributed by atoms with Gasteiger partial charge in [0.25, 0.3) is 5.95 Å². The fourth-order valence-electron chi connectivity index (χ4n) is 3.21. The van der Waals surface area contributed by atoms with Gasteiger partial charge in [0.2, 0.25) is 5.89 Å². The average Bonchev–Trinajstić information content (AvgIpc) is 2.96. The predicted octanol–water partition coefficient (Wildman–Crippen LogP) is 1.60. The summed E-state index contributed by atoms with van der Waals surface area (Å²) in [5.41, 5.74) is 0. The summed E-state index contributed by atoms with van der Waals surface area (Å²) in [5.74, 6) is 2.23. The third kappa shape index (κ3) is 2.36. The topological polar surface area (TPSA) is 54.2 Å². The Morgan fingerprint density at radius 3 is 2.72 bits per heavy atom. The summed E-state index contributed by atoms with van der Waals surface area (Å²) in [6.07, 6.45) is 6.15. The summed E-state index contributed by atoms with van der Waals surface area (Å²) in [6.45, 7) is 2.98. The molecule has 2 saturated heterocycles. The molecule has 5 heteroatoms. The molecule has 2 unspecified atom stereocenters. The number of nitrogens with one attached hydrogen (secondary N) is 1. The van der Waals surface area contributed by atoms with Gasteiger partial charge in [0, 0.05) is 32.1 Å². The van der Waals surface area contributed by atoms with Crippen molar-refractivity contribution in [3.05, 3.63) is 5.89 Å². The van der Waals surface area contributed by atoms with Crippen LogP contribution in [0.1, 0.15) is 38.5 Å². The van der Waals surface area contributed by atoms with E-state index in [1.165, 1.54) is 25.7 Å². The van der Waals surface area contributed by atoms with E-state index in [0.29, 0.717) is 11.9 Å². The van der Waals surface area contributed by atoms with Crippen LogP contribution in [0.3, 0.4) is 0 Å². The van der Waals surface area contributed by atoms with Gasteiger partial charge in [-0.25, -0.2) is 0 Å². The van der Waals surface area contributed by atoms with E-state index in [4.69, 9.17) is 4.52 Å². The lowest BCUT2D eigenvalue weighted by molar-refractivity contribution is 0.270. The van der Waals surface area contributed by atoms with Gasteiger partial charge in [-0.2, -0.15) is 4.98 Å². The van der Waals surface area contributed by atoms with Crippen LogP contribution < -0.4 is 10.2 Å². The molecule has 2 fully saturated rings. The maximum atomic E-state index is 5.36. The molecule has 2 atom stereocenters. The Labute approximate surface area is 108 Å². The zero-order valence-corrected chi connectivity index (χ0v) is 11.2. The van der Waals surface area contributed by atoms with Crippen molar-refractivity contribution in [3.63, 3.8) is 0 Å². The minimum Gasteiger partial charge on any atom is -0.342 e. The summed E-state index contributed by atoms with van der Waals surface area (Å²) in [6, 6.07) is 1.46. The Bertz CT molecular complexity index is 393. The molecule has 18 heavy (non-hydrogen) atoms. The van der Waals surface area contributed by atoms with E-state index >= 15 is 0 Å². The molecule has 2 bridgehead atoms. The highest BCUT2D eigenvalue weighted by Crippen LogP contribution is 2.32. The summed E-state index contributed by atoms with van der Waals surface area (Å²) in [5, 5.41) is 7.69. The van der Waals surface area contributed by atoms with Crippen LogP contribution in [-0.4, -0.2) is 35.8 Å². The molecule has 3 rings (SSSR count). The average molecular weight is 250 g/mol. The van der Waals surface area contributed by atoms with Crippen molar-refractivity contribution in [2.24, 2.45) is 5.92 Å². The molecule has 1 aromatic rings. The van der Waals surface area contributed by atoms with Crippen LogP contribution in [0, 0.1) is 5.92 Å². The second-order valence-electron chi connectivity index (χ2n) is 5.68. The third-order valence-corrected chi connectivity index (χ3v) is 4.31. The first-order valence-electron chi connectivity index (χ1n) is 7.04. The van der Waals surface area contributed by atoms with E-state index in [-0.39, 0.29) is 0 Å². The molecule has 5 nitrogen and oxygen atoms in total. The van der Waals surface area contributed by atoms with Crippen LogP contribution in [-0.2, 0) is 6.42 Å². The highest BCUT2D eigenvalue weighted by Gasteiger charge is 2.34. The number of piperidine rings is 1. The first kappa shape index (κ1) is 12.0. The Hall–Kier alpha value is -1.10. The van der Waals surface area contributed by atoms with Gasteiger partial charge in [0.05, 0.1) is 0 Å². The van der Waals surface area contributed by atoms with Crippen molar-refractivity contribution < 1.29 is 4.52 Å². The van der Waals surface area contributed by atoms with Crippen LogP contribution in [0.2, 0.25) is 0 Å². The SMILES string of the molecule is CCN(C)c1noc(CC2CC3CCC(C2)N3)n1. The molecule has 2 aliphatic heterocycles. The molecule has 0 aliphatic carbocycles. The zero-order valence-electron chi connectivity index (χ0n) is 11.2. The first-order chi connectivity index (χ1) is 8.74. The van der Waals surface area contributed by atoms with Crippen LogP contribution in [0.25, 0.3) is 0 Å². The second-order valence-corrected chi connectivity index (χ2v) is 5.68. The van der Waals surface area contributed by atoms with Crippen LogP contribution in [0.15, 0.2) is 4.52 Å². The predicted molar refractivity (Wildman–Crippen MR) is 69.6 cm³/mol. The standard InChI is InChI=1S/C13H22N4O/c1-3-17(2)13-15-12(18-16-13)8-9-6-10-4-5-11(7-9)14-10/h9-11,14H,3-8H2,1-2H3. The smallest absolute Gasteiger partial charge is 0.265 e. The quantitative estimate of drug-likeness (QED) is 0.879. The van der Waals surface area contributed by atoms with Crippen LogP contribution in [0.4, 0.5) is 5.95 Å². The van der Waals surface area contributed by atoms with E-state index in [0.717, 1.165) is 30.9 Å². The normalized spacial score (nSPS) is 30.7. The van der Waals surface area contributed by atoms with Gasteiger partial charge >= 0.3 is 0 Å². The molecule has 0 radical (unpaired) electrons. The number of rotatable bonds is 4. The number of anilines is 1. The van der Waals surface area contributed by atoms with Crippen molar-refractivity contribution in [1.82, 2.24) is 15.5 Å². The van der Waals surface area contributed by atoms with Crippen molar-refractivity contribution in [1.29, 1.82) is 0 Å². The van der Waals surface area contributed by atoms with Crippen molar-refractivity contribution >= 4 is 5.95 Å². The van der Waals surface area contributed by atoms with Gasteiger partial charge < -0.3 is 14.7 Å². The molecule has 0 spiro atoms. The fourth-order valence-corrected chi connectivity index (χ4v) is 3.21. The molecule has 2 aliphatic rings. The summed E-state index contributed by atoms with van der Waals surface area (Å²) >= 11 is 0. The zero-order chi connectivity index (χ0) is 12.5. The monoisotopic (exact) mass is 250 g/mol. The lowest BCUT2D eigenvalue weighted by Crippen LogP contribution is -2.38. The van der Waals surface area contributed by atoms with Gasteiger partial charge in [0.1, 0.15) is 0 Å². The second kappa shape index (κ2) is 4.88. The van der Waals surface area contributed by atoms with Gasteiger partial charge in [-0.3, -0.25) is 0 Å². The largest absolute Gasteiger partial charge is 0.342 e. The molecule has 100 valence electrons. The van der Waals surface area contributed by atoms with Crippen molar-refractivity contribution in [2.45, 2.75) is 51.1 Å². The number of hydrogen-bond acceptors (Lipinski definition) is 5. The number of aromatic nitrogens is 2. The molecule has 1 N–H and O–H groups in total. The molecule has 0 aromatic carbocycles. The van der Waals surface area contributed by atoms with Gasteiger partial charge in [0.15, 0.2) is 0 Å². The number of fused-ring (bicyclic) bond motifs is 2. The minimum absolute atomic E-state index is 0.712. The summed E-state index contributed by atoms with van der Waals surface area (Å²) in [4.78, 5) is 6.47. The molecular formula is C13H22N4O. The minimum atomic E-state index is 0.712.